The highest BCUT2D eigenvalue weighted by molar-refractivity contribution is 5.91. The number of carbonyl (C=O) groups is 3. The number of fused-ring (bicyclic) bond motifs is 3. The maximum Gasteiger partial charge on any atom is 0.355 e. The van der Waals surface area contributed by atoms with E-state index >= 15 is 0 Å². The highest BCUT2D eigenvalue weighted by Gasteiger charge is 2.69. The lowest BCUT2D eigenvalue weighted by Gasteiger charge is -2.54. The molecule has 12 atom stereocenters. The molecule has 2 N–H and O–H groups in total. The van der Waals surface area contributed by atoms with Crippen LogP contribution >= 0.6 is 0 Å². The normalized spacial score (nSPS) is 42.0. The van der Waals surface area contributed by atoms with E-state index in [-0.39, 0.29) is 24.2 Å². The van der Waals surface area contributed by atoms with Crippen molar-refractivity contribution in [3.8, 4) is 0 Å². The summed E-state index contributed by atoms with van der Waals surface area (Å²) in [5, 5.41) is 12.1. The van der Waals surface area contributed by atoms with Gasteiger partial charge >= 0.3 is 17.9 Å². The van der Waals surface area contributed by atoms with Crippen molar-refractivity contribution in [2.75, 3.05) is 53.4 Å². The Hall–Kier alpha value is -3.81. The predicted molar refractivity (Wildman–Crippen MR) is 201 cm³/mol. The first-order chi connectivity index (χ1) is 26.3. The summed E-state index contributed by atoms with van der Waals surface area (Å²) in [6.45, 7) is 15.1. The van der Waals surface area contributed by atoms with Crippen molar-refractivity contribution in [1.29, 1.82) is 0 Å². The van der Waals surface area contributed by atoms with Crippen LogP contribution in [0.1, 0.15) is 60.5 Å². The molecule has 0 radical (unpaired) electrons. The lowest BCUT2D eigenvalue weighted by atomic mass is 9.57. The minimum atomic E-state index is -1.01. The summed E-state index contributed by atoms with van der Waals surface area (Å²) in [6, 6.07) is 11.1. The molecule has 5 aliphatic heterocycles. The zero-order chi connectivity index (χ0) is 38.9. The van der Waals surface area contributed by atoms with Gasteiger partial charge < -0.3 is 42.7 Å². The molecular formula is C43H57N3O9+2. The van der Waals surface area contributed by atoms with Gasteiger partial charge in [0.05, 0.1) is 18.7 Å². The molecule has 1 saturated carbocycles. The van der Waals surface area contributed by atoms with Crippen LogP contribution in [0.3, 0.4) is 0 Å². The minimum absolute atomic E-state index is 0.224. The second kappa shape index (κ2) is 14.3. The van der Waals surface area contributed by atoms with Gasteiger partial charge in [0, 0.05) is 48.5 Å². The van der Waals surface area contributed by atoms with E-state index in [0.29, 0.717) is 11.3 Å². The average molecular weight is 760 g/mol. The number of esters is 3. The summed E-state index contributed by atoms with van der Waals surface area (Å²) in [5.74, 6) is -3.25. The summed E-state index contributed by atoms with van der Waals surface area (Å²) in [7, 11) is 3.83. The van der Waals surface area contributed by atoms with Crippen molar-refractivity contribution in [2.24, 2.45) is 29.6 Å². The first-order valence-electron chi connectivity index (χ1n) is 20.1. The molecule has 0 amide bonds. The number of aromatic amines is 1. The Labute approximate surface area is 323 Å². The van der Waals surface area contributed by atoms with Gasteiger partial charge in [-0.05, 0) is 44.0 Å². The molecule has 12 nitrogen and oxygen atoms in total. The van der Waals surface area contributed by atoms with E-state index in [1.165, 1.54) is 7.11 Å². The number of piperazine rings is 3. The number of rotatable bonds is 8. The van der Waals surface area contributed by atoms with E-state index < -0.39 is 72.0 Å². The molecule has 1 aromatic heterocycles. The summed E-state index contributed by atoms with van der Waals surface area (Å²) < 4.78 is 33.5. The molecule has 5 fully saturated rings. The molecule has 6 heterocycles. The predicted octanol–water partition coefficient (Wildman–Crippen LogP) is 4.06. The van der Waals surface area contributed by atoms with Gasteiger partial charge in [-0.2, -0.15) is 0 Å². The number of nitrogens with one attached hydrogen (secondary N) is 1. The number of carbonyl (C=O) groups excluding carboxylic acids is 3. The molecule has 2 aromatic rings. The highest BCUT2D eigenvalue weighted by Crippen LogP contribution is 2.61. The van der Waals surface area contributed by atoms with Gasteiger partial charge in [-0.1, -0.05) is 50.3 Å². The van der Waals surface area contributed by atoms with Crippen LogP contribution in [0.4, 0.5) is 0 Å². The second-order valence-corrected chi connectivity index (χ2v) is 17.6. The van der Waals surface area contributed by atoms with E-state index in [1.807, 2.05) is 51.1 Å². The van der Waals surface area contributed by atoms with Crippen molar-refractivity contribution in [3.05, 3.63) is 83.2 Å². The molecule has 7 aliphatic rings. The number of hydrogen-bond acceptors (Lipinski definition) is 9. The number of aromatic nitrogens is 1. The molecule has 55 heavy (non-hydrogen) atoms. The Kier molecular flexibility index (Phi) is 9.89. The molecule has 12 heteroatoms. The molecule has 1 spiro atoms. The maximum absolute atomic E-state index is 14.0. The van der Waals surface area contributed by atoms with Crippen LogP contribution in [-0.4, -0.2) is 133 Å². The van der Waals surface area contributed by atoms with Crippen molar-refractivity contribution >= 4 is 17.9 Å². The third-order valence-electron chi connectivity index (χ3n) is 14.3. The number of nitrogens with zero attached hydrogens (tertiary/aromatic N) is 2. The van der Waals surface area contributed by atoms with Gasteiger partial charge in [0.1, 0.15) is 81.5 Å². The van der Waals surface area contributed by atoms with Gasteiger partial charge in [-0.3, -0.25) is 0 Å². The third kappa shape index (κ3) is 6.47. The van der Waals surface area contributed by atoms with Gasteiger partial charge in [0.2, 0.25) is 0 Å². The van der Waals surface area contributed by atoms with Crippen LogP contribution < -0.4 is 0 Å². The molecule has 9 rings (SSSR count). The van der Waals surface area contributed by atoms with Gasteiger partial charge in [0.25, 0.3) is 0 Å². The van der Waals surface area contributed by atoms with Crippen molar-refractivity contribution < 1.29 is 52.1 Å². The Morgan fingerprint density at radius 2 is 1.76 bits per heavy atom. The second-order valence-electron chi connectivity index (χ2n) is 17.6. The zero-order valence-electron chi connectivity index (χ0n) is 32.9. The standard InChI is InChI=1S/C43H56N3O9/c1-25-22-26(2)43-30(13-14-32-35(43)36(47)27(3)38(39(32)55-43)54-41(49)33-12-9-15-44-33)23-34(51-6)42(50)53-37(25)28(4)52-40(48)31-11-8-7-10-29(31)24-46-19-16-45(5,17-20-46)18-21-46/h7-15,22,25,27-28,30,32,34-39,47H,16-21,23-24H2,1-6H3/q+1/p+1/b26-22-/t25-,27-,28-,30?,32-,34+,35+,36-,37+,38-,39+,43+,45?,46?/m1/s1. The SMILES string of the molecule is CO[C@H]1CC2C=C[C@H]3[C@@H]4O[C@]2(/C(C)=C\[C@@H](C)[C@@H]([C@@H](C)OC(=O)c2ccccc2C[N+]25CC[N+](C)(CC2)CC5)OC1=O)[C@@H]3[C@H](O)[C@@H](C)[C@H]4OC(=O)c1ccc[nH]1. The van der Waals surface area contributed by atoms with Crippen molar-refractivity contribution in [1.82, 2.24) is 4.98 Å². The number of likely N-dealkylation sites (N-methyl/N-ethyl adjacent to an activating group) is 1. The van der Waals surface area contributed by atoms with Crippen LogP contribution in [0.2, 0.25) is 0 Å². The van der Waals surface area contributed by atoms with Gasteiger partial charge in [0.15, 0.2) is 6.10 Å². The molecule has 1 aromatic carbocycles. The fourth-order valence-corrected chi connectivity index (χ4v) is 10.9. The fraction of sp³-hybridized carbons (Fsp3) is 0.605. The third-order valence-corrected chi connectivity index (χ3v) is 14.3. The average Bonchev–Trinajstić information content (AvgIpc) is 3.78. The maximum atomic E-state index is 14.0. The number of H-pyrrole nitrogens is 1. The quantitative estimate of drug-likeness (QED) is 0.177. The first-order valence-corrected chi connectivity index (χ1v) is 20.1. The van der Waals surface area contributed by atoms with Crippen LogP contribution in [0.5, 0.6) is 0 Å². The number of aliphatic hydroxyl groups excluding tert-OH is 1. The van der Waals surface area contributed by atoms with Crippen molar-refractivity contribution in [2.45, 2.75) is 82.9 Å². The summed E-state index contributed by atoms with van der Waals surface area (Å²) in [4.78, 5) is 44.1. The minimum Gasteiger partial charge on any atom is -0.456 e. The summed E-state index contributed by atoms with van der Waals surface area (Å²) >= 11 is 0. The number of benzene rings is 1. The van der Waals surface area contributed by atoms with Crippen LogP contribution in [0.25, 0.3) is 0 Å². The molecule has 4 saturated heterocycles. The lowest BCUT2D eigenvalue weighted by molar-refractivity contribution is -1.08. The largest absolute Gasteiger partial charge is 0.456 e. The molecule has 1 unspecified atom stereocenters. The summed E-state index contributed by atoms with van der Waals surface area (Å²) in [6.07, 6.45) is 3.39. The molecule has 6 bridgehead atoms. The summed E-state index contributed by atoms with van der Waals surface area (Å²) in [5.41, 5.74) is 1.71. The highest BCUT2D eigenvalue weighted by atomic mass is 16.6. The Balaban J connectivity index is 1.07. The van der Waals surface area contributed by atoms with Crippen molar-refractivity contribution in [3.63, 3.8) is 0 Å². The monoisotopic (exact) mass is 759 g/mol. The molecule has 2 aliphatic carbocycles. The topological polar surface area (TPSA) is 133 Å². The fourth-order valence-electron chi connectivity index (χ4n) is 10.9. The van der Waals surface area contributed by atoms with E-state index in [9.17, 15) is 19.5 Å². The first kappa shape index (κ1) is 38.1. The van der Waals surface area contributed by atoms with Gasteiger partial charge in [-0.15, -0.1) is 0 Å². The lowest BCUT2D eigenvalue weighted by Crippen LogP contribution is -2.73. The van der Waals surface area contributed by atoms with E-state index in [4.69, 9.17) is 23.7 Å². The number of methoxy groups -OCH3 is 1. The van der Waals surface area contributed by atoms with Crippen LogP contribution in [0, 0.1) is 29.6 Å². The number of ether oxygens (including phenoxy) is 5. The molecule has 296 valence electrons. The number of cyclic esters (lactones) is 1. The Bertz CT molecular complexity index is 1830. The van der Waals surface area contributed by atoms with E-state index in [2.05, 4.69) is 24.2 Å². The number of aliphatic hydroxyl groups is 1. The molecular weight excluding hydrogens is 702 g/mol. The van der Waals surface area contributed by atoms with E-state index in [0.717, 1.165) is 65.9 Å². The Morgan fingerprint density at radius 3 is 2.45 bits per heavy atom. The van der Waals surface area contributed by atoms with Gasteiger partial charge in [-0.25, -0.2) is 14.4 Å². The van der Waals surface area contributed by atoms with Crippen LogP contribution in [-0.2, 0) is 35.0 Å². The number of quaternary nitrogens is 2. The van der Waals surface area contributed by atoms with E-state index in [1.54, 1.807) is 25.3 Å². The number of hydrogen-bond donors (Lipinski definition) is 2. The zero-order valence-corrected chi connectivity index (χ0v) is 32.9. The van der Waals surface area contributed by atoms with Crippen LogP contribution in [0.15, 0.2) is 66.4 Å². The Morgan fingerprint density at radius 1 is 1.04 bits per heavy atom. The smallest absolute Gasteiger partial charge is 0.355 e.